The second-order valence-corrected chi connectivity index (χ2v) is 4.92. The van der Waals surface area contributed by atoms with Gasteiger partial charge in [-0.1, -0.05) is 32.1 Å². The molecule has 2 aromatic rings. The maximum absolute atomic E-state index is 12.7. The topological polar surface area (TPSA) is 35.5 Å². The normalized spacial score (nSPS) is 10.9. The lowest BCUT2D eigenvalue weighted by Gasteiger charge is -2.07. The van der Waals surface area contributed by atoms with Crippen molar-refractivity contribution < 1.29 is 27.4 Å². The van der Waals surface area contributed by atoms with Gasteiger partial charge in [0.15, 0.2) is 5.78 Å². The van der Waals surface area contributed by atoms with E-state index in [1.165, 1.54) is 50.6 Å². The molecule has 3 nitrogen and oxygen atoms in total. The van der Waals surface area contributed by atoms with Crippen molar-refractivity contribution in [3.05, 3.63) is 65.2 Å². The van der Waals surface area contributed by atoms with Crippen LogP contribution in [0.3, 0.4) is 0 Å². The SMILES string of the molecule is CC.COc1cc(OC)cc(C(=O)/C=C/c2cccc(C(F)(F)F)c2)c1. The fraction of sp³-hybridized carbons (Fsp3) is 0.250. The van der Waals surface area contributed by atoms with Crippen molar-refractivity contribution in [2.24, 2.45) is 0 Å². The molecule has 0 unspecified atom stereocenters. The molecule has 0 atom stereocenters. The molecule has 0 N–H and O–H groups in total. The molecule has 6 heteroatoms. The molecule has 2 aromatic carbocycles. The van der Waals surface area contributed by atoms with Crippen LogP contribution < -0.4 is 9.47 Å². The summed E-state index contributed by atoms with van der Waals surface area (Å²) in [4.78, 5) is 12.2. The molecular formula is C20H21F3O3. The number of carbonyl (C=O) groups excluding carboxylic acids is 1. The van der Waals surface area contributed by atoms with E-state index < -0.39 is 11.7 Å². The number of hydrogen-bond donors (Lipinski definition) is 0. The number of halogens is 3. The first-order valence-corrected chi connectivity index (χ1v) is 7.96. The van der Waals surface area contributed by atoms with Gasteiger partial charge in [0, 0.05) is 11.6 Å². The number of benzene rings is 2. The van der Waals surface area contributed by atoms with E-state index >= 15 is 0 Å². The summed E-state index contributed by atoms with van der Waals surface area (Å²) in [6, 6.07) is 9.42. The van der Waals surface area contributed by atoms with Crippen LogP contribution >= 0.6 is 0 Å². The van der Waals surface area contributed by atoms with Crippen LogP contribution in [0.15, 0.2) is 48.5 Å². The summed E-state index contributed by atoms with van der Waals surface area (Å²) in [5, 5.41) is 0. The molecule has 2 rings (SSSR count). The Kier molecular flexibility index (Phi) is 7.90. The number of ether oxygens (including phenoxy) is 2. The summed E-state index contributed by atoms with van der Waals surface area (Å²) >= 11 is 0. The molecule has 0 aromatic heterocycles. The number of allylic oxidation sites excluding steroid dienone is 1. The molecule has 0 heterocycles. The van der Waals surface area contributed by atoms with Gasteiger partial charge in [0.05, 0.1) is 19.8 Å². The molecule has 0 fully saturated rings. The van der Waals surface area contributed by atoms with Gasteiger partial charge in [-0.25, -0.2) is 0 Å². The zero-order valence-electron chi connectivity index (χ0n) is 15.1. The van der Waals surface area contributed by atoms with Gasteiger partial charge < -0.3 is 9.47 Å². The molecule has 0 saturated carbocycles. The van der Waals surface area contributed by atoms with Crippen LogP contribution in [-0.2, 0) is 6.18 Å². The predicted octanol–water partition coefficient (Wildman–Crippen LogP) is 5.64. The van der Waals surface area contributed by atoms with Crippen LogP contribution in [0.25, 0.3) is 6.08 Å². The molecule has 26 heavy (non-hydrogen) atoms. The Labute approximate surface area is 151 Å². The Balaban J connectivity index is 0.00000163. The highest BCUT2D eigenvalue weighted by molar-refractivity contribution is 6.07. The Morgan fingerprint density at radius 2 is 1.54 bits per heavy atom. The lowest BCUT2D eigenvalue weighted by molar-refractivity contribution is -0.137. The number of rotatable bonds is 5. The lowest BCUT2D eigenvalue weighted by Crippen LogP contribution is -2.04. The first-order chi connectivity index (χ1) is 12.3. The van der Waals surface area contributed by atoms with Gasteiger partial charge in [0.1, 0.15) is 11.5 Å². The number of hydrogen-bond acceptors (Lipinski definition) is 3. The van der Waals surface area contributed by atoms with Gasteiger partial charge in [-0.15, -0.1) is 0 Å². The zero-order chi connectivity index (χ0) is 19.7. The van der Waals surface area contributed by atoms with E-state index in [1.807, 2.05) is 13.8 Å². The van der Waals surface area contributed by atoms with E-state index in [1.54, 1.807) is 6.07 Å². The molecule has 0 radical (unpaired) electrons. The Hall–Kier alpha value is -2.76. The second kappa shape index (κ2) is 9.65. The number of alkyl halides is 3. The van der Waals surface area contributed by atoms with E-state index in [0.717, 1.165) is 12.1 Å². The van der Waals surface area contributed by atoms with Gasteiger partial charge >= 0.3 is 6.18 Å². The monoisotopic (exact) mass is 366 g/mol. The van der Waals surface area contributed by atoms with Crippen molar-refractivity contribution in [3.63, 3.8) is 0 Å². The Morgan fingerprint density at radius 1 is 0.962 bits per heavy atom. The van der Waals surface area contributed by atoms with Gasteiger partial charge in [0.25, 0.3) is 0 Å². The van der Waals surface area contributed by atoms with E-state index in [2.05, 4.69) is 0 Å². The second-order valence-electron chi connectivity index (χ2n) is 4.92. The summed E-state index contributed by atoms with van der Waals surface area (Å²) < 4.78 is 48.2. The quantitative estimate of drug-likeness (QED) is 0.507. The average molecular weight is 366 g/mol. The molecule has 140 valence electrons. The highest BCUT2D eigenvalue weighted by Crippen LogP contribution is 2.30. The van der Waals surface area contributed by atoms with E-state index in [-0.39, 0.29) is 11.3 Å². The van der Waals surface area contributed by atoms with Crippen LogP contribution in [0.1, 0.15) is 35.3 Å². The minimum Gasteiger partial charge on any atom is -0.497 e. The smallest absolute Gasteiger partial charge is 0.416 e. The summed E-state index contributed by atoms with van der Waals surface area (Å²) in [5.74, 6) is 0.528. The lowest BCUT2D eigenvalue weighted by atomic mass is 10.1. The van der Waals surface area contributed by atoms with Crippen molar-refractivity contribution >= 4 is 11.9 Å². The summed E-state index contributed by atoms with van der Waals surface area (Å²) in [7, 11) is 2.92. The molecule has 0 amide bonds. The minimum atomic E-state index is -4.42. The zero-order valence-corrected chi connectivity index (χ0v) is 15.1. The van der Waals surface area contributed by atoms with Crippen molar-refractivity contribution in [1.29, 1.82) is 0 Å². The summed E-state index contributed by atoms with van der Waals surface area (Å²) in [5.41, 5.74) is -0.164. The molecule has 0 aliphatic rings. The van der Waals surface area contributed by atoms with Gasteiger partial charge in [0.2, 0.25) is 0 Å². The maximum atomic E-state index is 12.7. The largest absolute Gasteiger partial charge is 0.497 e. The Morgan fingerprint density at radius 3 is 2.04 bits per heavy atom. The average Bonchev–Trinajstić information content (AvgIpc) is 2.66. The van der Waals surface area contributed by atoms with Crippen molar-refractivity contribution in [2.45, 2.75) is 20.0 Å². The molecule has 0 bridgehead atoms. The van der Waals surface area contributed by atoms with Crippen molar-refractivity contribution in [2.75, 3.05) is 14.2 Å². The van der Waals surface area contributed by atoms with Gasteiger partial charge in [-0.2, -0.15) is 13.2 Å². The van der Waals surface area contributed by atoms with E-state index in [9.17, 15) is 18.0 Å². The molecule has 0 aliphatic carbocycles. The predicted molar refractivity (Wildman–Crippen MR) is 95.7 cm³/mol. The van der Waals surface area contributed by atoms with Crippen LogP contribution in [0.5, 0.6) is 11.5 Å². The van der Waals surface area contributed by atoms with E-state index in [0.29, 0.717) is 17.1 Å². The van der Waals surface area contributed by atoms with Crippen molar-refractivity contribution in [1.82, 2.24) is 0 Å². The fourth-order valence-electron chi connectivity index (χ4n) is 2.04. The number of carbonyl (C=O) groups is 1. The van der Waals surface area contributed by atoms with Gasteiger partial charge in [-0.05, 0) is 35.9 Å². The van der Waals surface area contributed by atoms with E-state index in [4.69, 9.17) is 9.47 Å². The number of ketones is 1. The summed E-state index contributed by atoms with van der Waals surface area (Å²) in [6.45, 7) is 4.00. The first kappa shape index (κ1) is 21.3. The highest BCUT2D eigenvalue weighted by Gasteiger charge is 2.30. The van der Waals surface area contributed by atoms with Crippen LogP contribution in [0.4, 0.5) is 13.2 Å². The third-order valence-electron chi connectivity index (χ3n) is 3.28. The summed E-state index contributed by atoms with van der Waals surface area (Å²) in [6.07, 6.45) is -1.87. The van der Waals surface area contributed by atoms with Crippen molar-refractivity contribution in [3.8, 4) is 11.5 Å². The van der Waals surface area contributed by atoms with Gasteiger partial charge in [-0.3, -0.25) is 4.79 Å². The molecule has 0 spiro atoms. The Bertz CT molecular complexity index is 743. The third kappa shape index (κ3) is 5.95. The molecular weight excluding hydrogens is 345 g/mol. The van der Waals surface area contributed by atoms with Crippen LogP contribution in [0.2, 0.25) is 0 Å². The minimum absolute atomic E-state index is 0.285. The highest BCUT2D eigenvalue weighted by atomic mass is 19.4. The van der Waals surface area contributed by atoms with Crippen LogP contribution in [-0.4, -0.2) is 20.0 Å². The molecule has 0 aliphatic heterocycles. The number of methoxy groups -OCH3 is 2. The molecule has 0 saturated heterocycles. The fourth-order valence-corrected chi connectivity index (χ4v) is 2.04. The van der Waals surface area contributed by atoms with Crippen LogP contribution in [0, 0.1) is 0 Å². The maximum Gasteiger partial charge on any atom is 0.416 e. The first-order valence-electron chi connectivity index (χ1n) is 7.96. The third-order valence-corrected chi connectivity index (χ3v) is 3.28. The standard InChI is InChI=1S/C18H15F3O3.C2H6/c1-23-15-9-13(10-16(11-15)24-2)17(22)7-6-12-4-3-5-14(8-12)18(19,20)21;1-2/h3-11H,1-2H3;1-2H3/b7-6+;.